The van der Waals surface area contributed by atoms with Gasteiger partial charge in [0.1, 0.15) is 41.3 Å². The van der Waals surface area contributed by atoms with E-state index in [9.17, 15) is 14.0 Å². The molecular weight excluding hydrogens is 473 g/mol. The Morgan fingerprint density at radius 3 is 2.88 bits per heavy atom. The number of thiophene rings is 1. The Balaban J connectivity index is 0.00000306. The number of nitrogens with zero attached hydrogens (tertiary/aromatic N) is 2. The lowest BCUT2D eigenvalue weighted by Crippen LogP contribution is -2.27. The molecule has 1 amide bonds. The number of fused-ring (bicyclic) bond motifs is 1. The van der Waals surface area contributed by atoms with E-state index in [4.69, 9.17) is 15.2 Å². The number of aromatic nitrogens is 2. The second kappa shape index (κ2) is 10.3. The first-order valence-corrected chi connectivity index (χ1v) is 10.8. The van der Waals surface area contributed by atoms with Gasteiger partial charge in [-0.15, -0.1) is 23.7 Å². The molecule has 1 aromatic carbocycles. The van der Waals surface area contributed by atoms with Gasteiger partial charge in [0.2, 0.25) is 0 Å². The van der Waals surface area contributed by atoms with E-state index < -0.39 is 11.7 Å². The summed E-state index contributed by atoms with van der Waals surface area (Å²) in [5.41, 5.74) is 6.66. The van der Waals surface area contributed by atoms with E-state index in [1.54, 1.807) is 13.0 Å². The lowest BCUT2D eigenvalue weighted by atomic mass is 10.2. The monoisotopic (exact) mass is 495 g/mol. The molecule has 176 valence electrons. The molecule has 4 N–H and O–H groups in total. The van der Waals surface area contributed by atoms with Crippen LogP contribution in [0, 0.1) is 12.7 Å². The summed E-state index contributed by atoms with van der Waals surface area (Å²) in [6.45, 7) is 3.93. The molecule has 3 heterocycles. The van der Waals surface area contributed by atoms with Crippen LogP contribution >= 0.6 is 23.7 Å². The SMILES string of the molecule is CC(=O)OC[C@@H]1C[C@H](Oc2cc(F)ccc2Nc2ncnc3sc(C(N)=O)c(C)c23)CN1.Cl. The fourth-order valence-corrected chi connectivity index (χ4v) is 4.62. The van der Waals surface area contributed by atoms with Crippen LogP contribution in [0.3, 0.4) is 0 Å². The second-order valence-electron chi connectivity index (χ2n) is 7.47. The number of rotatable bonds is 7. The highest BCUT2D eigenvalue weighted by molar-refractivity contribution is 7.20. The smallest absolute Gasteiger partial charge is 0.302 e. The van der Waals surface area contributed by atoms with Gasteiger partial charge >= 0.3 is 5.97 Å². The maximum Gasteiger partial charge on any atom is 0.302 e. The summed E-state index contributed by atoms with van der Waals surface area (Å²) in [5, 5.41) is 7.09. The molecule has 3 aromatic rings. The molecule has 0 radical (unpaired) electrons. The van der Waals surface area contributed by atoms with Crippen LogP contribution in [-0.4, -0.2) is 47.1 Å². The van der Waals surface area contributed by atoms with Crippen molar-refractivity contribution >= 4 is 57.3 Å². The number of nitrogens with two attached hydrogens (primary N) is 1. The maximum absolute atomic E-state index is 14.0. The van der Waals surface area contributed by atoms with Gasteiger partial charge in [0, 0.05) is 32.0 Å². The standard InChI is InChI=1S/C21H22FN5O4S.ClH/c1-10-17-20(25-9-26-21(17)32-18(10)19(23)29)27-15-4-3-12(22)5-16(15)31-14-6-13(24-7-14)8-30-11(2)28;/h3-5,9,13-14,24H,6-8H2,1-2H3,(H2,23,29)(H,25,26,27);1H/t13-,14-;/m0./s1. The number of ether oxygens (including phenoxy) is 2. The highest BCUT2D eigenvalue weighted by atomic mass is 35.5. The van der Waals surface area contributed by atoms with Gasteiger partial charge < -0.3 is 25.8 Å². The summed E-state index contributed by atoms with van der Waals surface area (Å²) in [6.07, 6.45) is 1.76. The van der Waals surface area contributed by atoms with Gasteiger partial charge in [-0.2, -0.15) is 0 Å². The van der Waals surface area contributed by atoms with Crippen LogP contribution in [-0.2, 0) is 9.53 Å². The van der Waals surface area contributed by atoms with Gasteiger partial charge in [0.25, 0.3) is 5.91 Å². The fourth-order valence-electron chi connectivity index (χ4n) is 3.62. The first-order valence-electron chi connectivity index (χ1n) is 9.95. The van der Waals surface area contributed by atoms with Crippen molar-refractivity contribution in [3.63, 3.8) is 0 Å². The third-order valence-corrected chi connectivity index (χ3v) is 6.32. The molecule has 1 saturated heterocycles. The number of benzene rings is 1. The maximum atomic E-state index is 14.0. The molecule has 0 spiro atoms. The van der Waals surface area contributed by atoms with Crippen LogP contribution < -0.4 is 21.1 Å². The van der Waals surface area contributed by atoms with Crippen molar-refractivity contribution < 1.29 is 23.5 Å². The number of hydrogen-bond donors (Lipinski definition) is 3. The van der Waals surface area contributed by atoms with Gasteiger partial charge in [-0.3, -0.25) is 9.59 Å². The van der Waals surface area contributed by atoms with E-state index in [-0.39, 0.29) is 37.1 Å². The minimum absolute atomic E-state index is 0. The van der Waals surface area contributed by atoms with Crippen molar-refractivity contribution in [3.8, 4) is 5.75 Å². The number of hydrogen-bond acceptors (Lipinski definition) is 9. The predicted octanol–water partition coefficient (Wildman–Crippen LogP) is 3.08. The van der Waals surface area contributed by atoms with Crippen LogP contribution in [0.5, 0.6) is 5.75 Å². The Morgan fingerprint density at radius 2 is 2.15 bits per heavy atom. The third kappa shape index (κ3) is 5.49. The highest BCUT2D eigenvalue weighted by Gasteiger charge is 2.27. The molecule has 0 saturated carbocycles. The number of anilines is 2. The average molecular weight is 496 g/mol. The molecule has 1 aliphatic heterocycles. The van der Waals surface area contributed by atoms with Crippen molar-refractivity contribution in [2.75, 3.05) is 18.5 Å². The Morgan fingerprint density at radius 1 is 1.36 bits per heavy atom. The number of primary amides is 1. The predicted molar refractivity (Wildman–Crippen MR) is 125 cm³/mol. The average Bonchev–Trinajstić information content (AvgIpc) is 3.33. The van der Waals surface area contributed by atoms with Crippen molar-refractivity contribution in [2.24, 2.45) is 5.73 Å². The molecule has 1 fully saturated rings. The summed E-state index contributed by atoms with van der Waals surface area (Å²) in [6, 6.07) is 4.15. The summed E-state index contributed by atoms with van der Waals surface area (Å²) in [7, 11) is 0. The minimum atomic E-state index is -0.528. The largest absolute Gasteiger partial charge is 0.487 e. The fraction of sp³-hybridized carbons (Fsp3) is 0.333. The number of carbonyl (C=O) groups excluding carboxylic acids is 2. The Hall–Kier alpha value is -3.02. The van der Waals surface area contributed by atoms with Gasteiger partial charge in [-0.05, 0) is 24.6 Å². The van der Waals surface area contributed by atoms with Crippen LogP contribution in [0.1, 0.15) is 28.6 Å². The minimum Gasteiger partial charge on any atom is -0.487 e. The number of halogens is 2. The van der Waals surface area contributed by atoms with E-state index >= 15 is 0 Å². The van der Waals surface area contributed by atoms with Crippen LogP contribution in [0.2, 0.25) is 0 Å². The number of esters is 1. The molecule has 33 heavy (non-hydrogen) atoms. The van der Waals surface area contributed by atoms with Crippen LogP contribution in [0.4, 0.5) is 15.9 Å². The molecule has 2 aromatic heterocycles. The molecule has 1 aliphatic rings. The summed E-state index contributed by atoms with van der Waals surface area (Å²) in [4.78, 5) is 32.3. The zero-order valence-electron chi connectivity index (χ0n) is 17.9. The van der Waals surface area contributed by atoms with Crippen molar-refractivity contribution in [1.82, 2.24) is 15.3 Å². The van der Waals surface area contributed by atoms with Gasteiger partial charge in [0.15, 0.2) is 0 Å². The second-order valence-corrected chi connectivity index (χ2v) is 8.47. The first kappa shape index (κ1) is 24.6. The molecule has 0 unspecified atom stereocenters. The van der Waals surface area contributed by atoms with E-state index in [1.165, 1.54) is 36.7 Å². The topological polar surface area (TPSA) is 128 Å². The number of carbonyl (C=O) groups is 2. The van der Waals surface area contributed by atoms with E-state index in [2.05, 4.69) is 20.6 Å². The lowest BCUT2D eigenvalue weighted by molar-refractivity contribution is -0.141. The normalized spacial score (nSPS) is 17.4. The highest BCUT2D eigenvalue weighted by Crippen LogP contribution is 2.36. The zero-order chi connectivity index (χ0) is 22.8. The molecule has 0 bridgehead atoms. The van der Waals surface area contributed by atoms with Gasteiger partial charge in [-0.1, -0.05) is 0 Å². The number of amides is 1. The molecule has 2 atom stereocenters. The lowest BCUT2D eigenvalue weighted by Gasteiger charge is -2.17. The third-order valence-electron chi connectivity index (χ3n) is 5.11. The number of aryl methyl sites for hydroxylation is 1. The summed E-state index contributed by atoms with van der Waals surface area (Å²) >= 11 is 1.20. The van der Waals surface area contributed by atoms with Crippen molar-refractivity contribution in [1.29, 1.82) is 0 Å². The Labute approximate surface area is 199 Å². The Bertz CT molecular complexity index is 1190. The Kier molecular flexibility index (Phi) is 7.67. The summed E-state index contributed by atoms with van der Waals surface area (Å²) in [5.74, 6) is -0.528. The van der Waals surface area contributed by atoms with Gasteiger partial charge in [0.05, 0.1) is 16.0 Å². The first-order chi connectivity index (χ1) is 15.3. The quantitative estimate of drug-likeness (QED) is 0.426. The molecule has 0 aliphatic carbocycles. The zero-order valence-corrected chi connectivity index (χ0v) is 19.5. The molecule has 9 nitrogen and oxygen atoms in total. The molecule has 4 rings (SSSR count). The molecule has 12 heteroatoms. The van der Waals surface area contributed by atoms with Crippen molar-refractivity contribution in [2.45, 2.75) is 32.4 Å². The number of nitrogens with one attached hydrogen (secondary N) is 2. The molecular formula is C21H23ClFN5O4S. The van der Waals surface area contributed by atoms with Crippen LogP contribution in [0.25, 0.3) is 10.2 Å². The van der Waals surface area contributed by atoms with Gasteiger partial charge in [-0.25, -0.2) is 14.4 Å². The van der Waals surface area contributed by atoms with Crippen molar-refractivity contribution in [3.05, 3.63) is 40.8 Å². The van der Waals surface area contributed by atoms with E-state index in [0.717, 1.165) is 0 Å². The van der Waals surface area contributed by atoms with E-state index in [1.807, 2.05) is 0 Å². The van der Waals surface area contributed by atoms with E-state index in [0.29, 0.717) is 50.9 Å². The summed E-state index contributed by atoms with van der Waals surface area (Å²) < 4.78 is 25.1. The van der Waals surface area contributed by atoms with Crippen LogP contribution in [0.15, 0.2) is 24.5 Å².